The van der Waals surface area contributed by atoms with Crippen molar-refractivity contribution in [2.45, 2.75) is 18.2 Å². The van der Waals surface area contributed by atoms with E-state index in [-0.39, 0.29) is 16.8 Å². The van der Waals surface area contributed by atoms with E-state index in [0.717, 1.165) is 22.7 Å². The number of carboxylic acids is 1. The van der Waals surface area contributed by atoms with Crippen molar-refractivity contribution in [2.75, 3.05) is 12.3 Å². The summed E-state index contributed by atoms with van der Waals surface area (Å²) in [6.45, 7) is 2.81. The molecular weight excluding hydrogens is 330 g/mol. The van der Waals surface area contributed by atoms with Crippen LogP contribution in [0, 0.1) is 0 Å². The molecular formula is C17H17NO3S2. The van der Waals surface area contributed by atoms with E-state index in [4.69, 9.17) is 5.11 Å². The van der Waals surface area contributed by atoms with Gasteiger partial charge in [-0.15, -0.1) is 11.3 Å². The quantitative estimate of drug-likeness (QED) is 0.918. The van der Waals surface area contributed by atoms with Crippen LogP contribution in [0.4, 0.5) is 0 Å². The van der Waals surface area contributed by atoms with Crippen molar-refractivity contribution in [1.82, 2.24) is 4.90 Å². The predicted octanol–water partition coefficient (Wildman–Crippen LogP) is 3.77. The molecule has 2 atom stereocenters. The highest BCUT2D eigenvalue weighted by Crippen LogP contribution is 2.37. The Balaban J connectivity index is 1.91. The van der Waals surface area contributed by atoms with Crippen LogP contribution in [-0.4, -0.2) is 39.4 Å². The molecule has 2 heterocycles. The number of hydrogen-bond donors (Lipinski definition) is 1. The summed E-state index contributed by atoms with van der Waals surface area (Å²) >= 11 is 2.91. The maximum atomic E-state index is 12.9. The third-order valence-electron chi connectivity index (χ3n) is 3.92. The fourth-order valence-electron chi connectivity index (χ4n) is 2.86. The van der Waals surface area contributed by atoms with Gasteiger partial charge in [-0.25, -0.2) is 4.79 Å². The molecule has 4 nitrogen and oxygen atoms in total. The number of nitrogens with zero attached hydrogens (tertiary/aromatic N) is 1. The Morgan fingerprint density at radius 1 is 1.13 bits per heavy atom. The number of benzene rings is 1. The second-order valence-corrected chi connectivity index (χ2v) is 7.97. The largest absolute Gasteiger partial charge is 0.477 e. The summed E-state index contributed by atoms with van der Waals surface area (Å²) in [5, 5.41) is 9.34. The topological polar surface area (TPSA) is 57.6 Å². The summed E-state index contributed by atoms with van der Waals surface area (Å²) in [6.07, 6.45) is 0. The molecule has 1 aromatic carbocycles. The molecule has 1 aliphatic rings. The van der Waals surface area contributed by atoms with Gasteiger partial charge in [-0.05, 0) is 17.7 Å². The smallest absolute Gasteiger partial charge is 0.345 e. The molecule has 1 saturated heterocycles. The first kappa shape index (κ1) is 16.1. The third kappa shape index (κ3) is 3.28. The average Bonchev–Trinajstić information content (AvgIpc) is 3.05. The number of thiophene rings is 1. The number of thioether (sulfide) groups is 1. The van der Waals surface area contributed by atoms with E-state index < -0.39 is 5.97 Å². The summed E-state index contributed by atoms with van der Waals surface area (Å²) in [5.41, 5.74) is 1.12. The van der Waals surface area contributed by atoms with Gasteiger partial charge in [0.2, 0.25) is 0 Å². The van der Waals surface area contributed by atoms with Gasteiger partial charge in [-0.2, -0.15) is 11.8 Å². The highest BCUT2D eigenvalue weighted by atomic mass is 32.2. The first-order valence-electron chi connectivity index (χ1n) is 7.38. The summed E-state index contributed by atoms with van der Waals surface area (Å²) < 4.78 is 0. The van der Waals surface area contributed by atoms with Gasteiger partial charge >= 0.3 is 5.97 Å². The van der Waals surface area contributed by atoms with Crippen LogP contribution in [0.2, 0.25) is 0 Å². The van der Waals surface area contributed by atoms with Crippen molar-refractivity contribution in [3.8, 4) is 0 Å². The number of rotatable bonds is 3. The SMILES string of the molecule is CC1SCCN(C(=O)c2ccc(C(=O)O)s2)C1c1ccccc1. The van der Waals surface area contributed by atoms with Gasteiger partial charge in [-0.3, -0.25) is 4.79 Å². The van der Waals surface area contributed by atoms with Crippen LogP contribution in [0.25, 0.3) is 0 Å². The molecule has 0 bridgehead atoms. The van der Waals surface area contributed by atoms with Crippen molar-refractivity contribution < 1.29 is 14.7 Å². The van der Waals surface area contributed by atoms with Gasteiger partial charge < -0.3 is 10.0 Å². The molecule has 2 unspecified atom stereocenters. The van der Waals surface area contributed by atoms with E-state index in [9.17, 15) is 9.59 Å². The number of carbonyl (C=O) groups excluding carboxylic acids is 1. The van der Waals surface area contributed by atoms with Crippen molar-refractivity contribution in [2.24, 2.45) is 0 Å². The Bertz CT molecular complexity index is 714. The van der Waals surface area contributed by atoms with Crippen LogP contribution < -0.4 is 0 Å². The number of carboxylic acid groups (broad SMARTS) is 1. The molecule has 1 amide bonds. The average molecular weight is 347 g/mol. The van der Waals surface area contributed by atoms with Crippen molar-refractivity contribution >= 4 is 35.0 Å². The molecule has 0 aliphatic carbocycles. The number of aromatic carboxylic acids is 1. The fourth-order valence-corrected chi connectivity index (χ4v) is 4.82. The van der Waals surface area contributed by atoms with Crippen molar-refractivity contribution in [3.63, 3.8) is 0 Å². The lowest BCUT2D eigenvalue weighted by Crippen LogP contribution is -2.43. The van der Waals surface area contributed by atoms with Gasteiger partial charge in [0.25, 0.3) is 5.91 Å². The minimum absolute atomic E-state index is 0.0119. The summed E-state index contributed by atoms with van der Waals surface area (Å²) in [6, 6.07) is 13.2. The Labute approximate surface area is 143 Å². The van der Waals surface area contributed by atoms with Crippen LogP contribution in [0.1, 0.15) is 37.9 Å². The fraction of sp³-hybridized carbons (Fsp3) is 0.294. The molecule has 1 aliphatic heterocycles. The Morgan fingerprint density at radius 3 is 2.48 bits per heavy atom. The molecule has 0 radical (unpaired) electrons. The molecule has 2 aromatic rings. The molecule has 6 heteroatoms. The first-order chi connectivity index (χ1) is 11.1. The van der Waals surface area contributed by atoms with Crippen molar-refractivity contribution in [3.05, 3.63) is 57.8 Å². The summed E-state index contributed by atoms with van der Waals surface area (Å²) in [4.78, 5) is 26.5. The molecule has 120 valence electrons. The predicted molar refractivity (Wildman–Crippen MR) is 93.4 cm³/mol. The van der Waals surface area contributed by atoms with Crippen LogP contribution in [0.5, 0.6) is 0 Å². The lowest BCUT2D eigenvalue weighted by molar-refractivity contribution is 0.0683. The van der Waals surface area contributed by atoms with E-state index in [1.807, 2.05) is 47.0 Å². The van der Waals surface area contributed by atoms with Crippen LogP contribution in [0.15, 0.2) is 42.5 Å². The highest BCUT2D eigenvalue weighted by molar-refractivity contribution is 8.00. The van der Waals surface area contributed by atoms with Crippen LogP contribution >= 0.6 is 23.1 Å². The lowest BCUT2D eigenvalue weighted by atomic mass is 10.0. The molecule has 1 aromatic heterocycles. The van der Waals surface area contributed by atoms with E-state index in [2.05, 4.69) is 6.92 Å². The maximum Gasteiger partial charge on any atom is 0.345 e. The van der Waals surface area contributed by atoms with Gasteiger partial charge in [0.05, 0.1) is 10.9 Å². The van der Waals surface area contributed by atoms with Crippen molar-refractivity contribution in [1.29, 1.82) is 0 Å². The minimum atomic E-state index is -0.990. The molecule has 3 rings (SSSR count). The van der Waals surface area contributed by atoms with E-state index >= 15 is 0 Å². The zero-order chi connectivity index (χ0) is 16.4. The van der Waals surface area contributed by atoms with Crippen LogP contribution in [0.3, 0.4) is 0 Å². The van der Waals surface area contributed by atoms with E-state index in [1.54, 1.807) is 6.07 Å². The number of amides is 1. The lowest BCUT2D eigenvalue weighted by Gasteiger charge is -2.39. The number of carbonyl (C=O) groups is 2. The maximum absolute atomic E-state index is 12.9. The molecule has 0 saturated carbocycles. The van der Waals surface area contributed by atoms with E-state index in [1.165, 1.54) is 6.07 Å². The van der Waals surface area contributed by atoms with Gasteiger partial charge in [0.15, 0.2) is 0 Å². The second-order valence-electron chi connectivity index (χ2n) is 5.40. The monoisotopic (exact) mass is 347 g/mol. The van der Waals surface area contributed by atoms with Gasteiger partial charge in [0, 0.05) is 17.5 Å². The minimum Gasteiger partial charge on any atom is -0.477 e. The summed E-state index contributed by atoms with van der Waals surface area (Å²) in [5.74, 6) is -0.173. The first-order valence-corrected chi connectivity index (χ1v) is 9.25. The Hall–Kier alpha value is -1.79. The summed E-state index contributed by atoms with van der Waals surface area (Å²) in [7, 11) is 0. The van der Waals surface area contributed by atoms with Crippen LogP contribution in [-0.2, 0) is 0 Å². The second kappa shape index (κ2) is 6.76. The normalized spacial score (nSPS) is 21.2. The molecule has 1 N–H and O–H groups in total. The standard InChI is InChI=1S/C17H17NO3S2/c1-11-15(12-5-3-2-4-6-12)18(9-10-22-11)16(19)13-7-8-14(23-13)17(20)21/h2-8,11,15H,9-10H2,1H3,(H,20,21). The highest BCUT2D eigenvalue weighted by Gasteiger charge is 2.34. The van der Waals surface area contributed by atoms with E-state index in [0.29, 0.717) is 16.7 Å². The zero-order valence-electron chi connectivity index (χ0n) is 12.6. The Kier molecular flexibility index (Phi) is 4.73. The Morgan fingerprint density at radius 2 is 1.83 bits per heavy atom. The molecule has 0 spiro atoms. The zero-order valence-corrected chi connectivity index (χ0v) is 14.3. The van der Waals surface area contributed by atoms with Gasteiger partial charge in [0.1, 0.15) is 4.88 Å². The third-order valence-corrected chi connectivity index (χ3v) is 6.19. The molecule has 1 fully saturated rings. The van der Waals surface area contributed by atoms with Gasteiger partial charge in [-0.1, -0.05) is 37.3 Å². The molecule has 23 heavy (non-hydrogen) atoms. The number of hydrogen-bond acceptors (Lipinski definition) is 4.